The highest BCUT2D eigenvalue weighted by Gasteiger charge is 2.35. The molecule has 4 nitrogen and oxygen atoms in total. The molecule has 0 aliphatic carbocycles. The van der Waals surface area contributed by atoms with Gasteiger partial charge in [-0.15, -0.1) is 12.4 Å². The van der Waals surface area contributed by atoms with Gasteiger partial charge in [0.1, 0.15) is 11.5 Å². The van der Waals surface area contributed by atoms with Crippen molar-refractivity contribution in [2.45, 2.75) is 12.8 Å². The van der Waals surface area contributed by atoms with Crippen LogP contribution in [0.3, 0.4) is 0 Å². The molecule has 4 rings (SSSR count). The van der Waals surface area contributed by atoms with Gasteiger partial charge in [0.2, 0.25) is 0 Å². The maximum Gasteiger partial charge on any atom is 0.118 e. The maximum atomic E-state index is 9.24. The van der Waals surface area contributed by atoms with Crippen LogP contribution in [0.15, 0.2) is 35.1 Å². The quantitative estimate of drug-likeness (QED) is 0.674. The van der Waals surface area contributed by atoms with Crippen molar-refractivity contribution in [3.8, 4) is 5.75 Å². The first kappa shape index (κ1) is 14.7. The lowest BCUT2D eigenvalue weighted by atomic mass is 9.83. The monoisotopic (exact) mass is 294 g/mol. The van der Waals surface area contributed by atoms with Gasteiger partial charge in [-0.25, -0.2) is 0 Å². The van der Waals surface area contributed by atoms with Crippen LogP contribution >= 0.6 is 12.4 Å². The molecule has 0 amide bonds. The predicted molar refractivity (Wildman–Crippen MR) is 81.7 cm³/mol. The highest BCUT2D eigenvalue weighted by Crippen LogP contribution is 2.33. The maximum absolute atomic E-state index is 9.24. The van der Waals surface area contributed by atoms with Crippen LogP contribution in [0.25, 0.3) is 6.08 Å². The van der Waals surface area contributed by atoms with Gasteiger partial charge in [-0.05, 0) is 36.6 Å². The average Bonchev–Trinajstić information content (AvgIpc) is 2.49. The molecule has 3 fully saturated rings. The van der Waals surface area contributed by atoms with E-state index in [4.69, 9.17) is 4.74 Å². The van der Waals surface area contributed by atoms with E-state index >= 15 is 0 Å². The first-order valence-corrected chi connectivity index (χ1v) is 6.65. The van der Waals surface area contributed by atoms with E-state index in [1.54, 1.807) is 7.11 Å². The molecule has 108 valence electrons. The molecule has 1 N–H and O–H groups in total. The Morgan fingerprint density at radius 3 is 2.45 bits per heavy atom. The lowest BCUT2D eigenvalue weighted by Crippen LogP contribution is -2.46. The van der Waals surface area contributed by atoms with E-state index in [9.17, 15) is 5.21 Å². The van der Waals surface area contributed by atoms with Gasteiger partial charge in [0, 0.05) is 19.0 Å². The van der Waals surface area contributed by atoms with Gasteiger partial charge in [0.15, 0.2) is 0 Å². The Morgan fingerprint density at radius 1 is 1.25 bits per heavy atom. The molecule has 0 unspecified atom stereocenters. The van der Waals surface area contributed by atoms with Gasteiger partial charge in [0.25, 0.3) is 0 Å². The normalized spacial score (nSPS) is 22.1. The number of fused-ring (bicyclic) bond motifs is 3. The molecule has 1 aromatic rings. The van der Waals surface area contributed by atoms with Crippen LogP contribution in [0.1, 0.15) is 18.4 Å². The van der Waals surface area contributed by atoms with E-state index in [2.05, 4.69) is 16.1 Å². The first-order chi connectivity index (χ1) is 9.31. The summed E-state index contributed by atoms with van der Waals surface area (Å²) in [7, 11) is 1.66. The van der Waals surface area contributed by atoms with Crippen molar-refractivity contribution < 1.29 is 9.94 Å². The second kappa shape index (κ2) is 6.18. The summed E-state index contributed by atoms with van der Waals surface area (Å²) in [5.41, 5.74) is 3.01. The Hall–Kier alpha value is -1.68. The van der Waals surface area contributed by atoms with Gasteiger partial charge < -0.3 is 14.8 Å². The first-order valence-electron chi connectivity index (χ1n) is 6.65. The van der Waals surface area contributed by atoms with Gasteiger partial charge in [-0.2, -0.15) is 0 Å². The molecule has 3 aliphatic heterocycles. The molecule has 3 heterocycles. The number of oxime groups is 1. The third kappa shape index (κ3) is 2.61. The van der Waals surface area contributed by atoms with E-state index in [-0.39, 0.29) is 12.4 Å². The second-order valence-corrected chi connectivity index (χ2v) is 5.05. The van der Waals surface area contributed by atoms with E-state index in [1.165, 1.54) is 0 Å². The fraction of sp³-hybridized carbons (Fsp3) is 0.400. The van der Waals surface area contributed by atoms with E-state index < -0.39 is 0 Å². The molecule has 20 heavy (non-hydrogen) atoms. The molecule has 0 aromatic heterocycles. The minimum atomic E-state index is 0. The summed E-state index contributed by atoms with van der Waals surface area (Å²) in [6.07, 6.45) is 4.29. The predicted octanol–water partition coefficient (Wildman–Crippen LogP) is 3.01. The Kier molecular flexibility index (Phi) is 4.55. The molecule has 1 aromatic carbocycles. The van der Waals surface area contributed by atoms with E-state index in [1.807, 2.05) is 24.3 Å². The van der Waals surface area contributed by atoms with Crippen molar-refractivity contribution >= 4 is 24.2 Å². The number of nitrogens with zero attached hydrogens (tertiary/aromatic N) is 2. The average molecular weight is 295 g/mol. The van der Waals surface area contributed by atoms with Crippen LogP contribution in [0.2, 0.25) is 0 Å². The van der Waals surface area contributed by atoms with Crippen molar-refractivity contribution in [2.75, 3.05) is 20.2 Å². The zero-order chi connectivity index (χ0) is 13.2. The molecule has 0 saturated carbocycles. The lowest BCUT2D eigenvalue weighted by molar-refractivity contribution is 0.229. The Labute approximate surface area is 125 Å². The van der Waals surface area contributed by atoms with Crippen LogP contribution < -0.4 is 4.74 Å². The number of benzene rings is 1. The van der Waals surface area contributed by atoms with E-state index in [0.717, 1.165) is 48.7 Å². The third-order valence-corrected chi connectivity index (χ3v) is 4.01. The molecular weight excluding hydrogens is 276 g/mol. The highest BCUT2D eigenvalue weighted by molar-refractivity contribution is 6.05. The summed E-state index contributed by atoms with van der Waals surface area (Å²) >= 11 is 0. The van der Waals surface area contributed by atoms with Crippen LogP contribution in [0.4, 0.5) is 0 Å². The van der Waals surface area contributed by atoms with Crippen LogP contribution in [0.5, 0.6) is 5.75 Å². The van der Waals surface area contributed by atoms with Crippen molar-refractivity contribution in [1.29, 1.82) is 0 Å². The summed E-state index contributed by atoms with van der Waals surface area (Å²) < 4.78 is 5.16. The molecular formula is C15H19ClN2O2. The molecule has 0 atom stereocenters. The summed E-state index contributed by atoms with van der Waals surface area (Å²) in [6, 6.07) is 7.92. The zero-order valence-corrected chi connectivity index (χ0v) is 12.3. The summed E-state index contributed by atoms with van der Waals surface area (Å²) in [4.78, 5) is 2.30. The molecule has 2 bridgehead atoms. The highest BCUT2D eigenvalue weighted by atomic mass is 35.5. The van der Waals surface area contributed by atoms with Gasteiger partial charge >= 0.3 is 0 Å². The number of methoxy groups -OCH3 is 1. The summed E-state index contributed by atoms with van der Waals surface area (Å²) in [6.45, 7) is 2.12. The number of piperidine rings is 3. The molecule has 5 heteroatoms. The number of ether oxygens (including phenoxy) is 1. The number of allylic oxidation sites excluding steroid dienone is 1. The zero-order valence-electron chi connectivity index (χ0n) is 11.5. The standard InChI is InChI=1S/C15H18N2O2.ClH/c1-19-13-4-2-11(3-5-13)10-14-15(16-18)12-6-8-17(14)9-7-12;/h2-5,10,12,18H,6-9H2,1H3;1H/b14-10-,16-15?;. The Balaban J connectivity index is 0.00000147. The molecule has 0 radical (unpaired) electrons. The number of hydrogen-bond acceptors (Lipinski definition) is 4. The molecule has 0 spiro atoms. The van der Waals surface area contributed by atoms with Crippen LogP contribution in [-0.4, -0.2) is 36.0 Å². The smallest absolute Gasteiger partial charge is 0.118 e. The summed E-state index contributed by atoms with van der Waals surface area (Å²) in [5, 5.41) is 12.8. The van der Waals surface area contributed by atoms with Crippen LogP contribution in [0, 0.1) is 5.92 Å². The Bertz CT molecular complexity index is 517. The lowest BCUT2D eigenvalue weighted by Gasteiger charge is -2.42. The van der Waals surface area contributed by atoms with Crippen LogP contribution in [-0.2, 0) is 0 Å². The molecule has 3 aliphatic rings. The van der Waals surface area contributed by atoms with Gasteiger partial charge in [-0.3, -0.25) is 0 Å². The minimum absolute atomic E-state index is 0. The van der Waals surface area contributed by atoms with Crippen molar-refractivity contribution in [2.24, 2.45) is 11.1 Å². The largest absolute Gasteiger partial charge is 0.497 e. The van der Waals surface area contributed by atoms with Crippen molar-refractivity contribution in [3.63, 3.8) is 0 Å². The number of hydrogen-bond donors (Lipinski definition) is 1. The minimum Gasteiger partial charge on any atom is -0.497 e. The molecule has 3 saturated heterocycles. The van der Waals surface area contributed by atoms with E-state index in [0.29, 0.717) is 5.92 Å². The van der Waals surface area contributed by atoms with Gasteiger partial charge in [0.05, 0.1) is 12.8 Å². The summed E-state index contributed by atoms with van der Waals surface area (Å²) in [5.74, 6) is 1.27. The Morgan fingerprint density at radius 2 is 1.90 bits per heavy atom. The topological polar surface area (TPSA) is 45.1 Å². The van der Waals surface area contributed by atoms with Crippen molar-refractivity contribution in [1.82, 2.24) is 4.90 Å². The third-order valence-electron chi connectivity index (χ3n) is 4.01. The number of rotatable bonds is 2. The number of halogens is 1. The van der Waals surface area contributed by atoms with Crippen molar-refractivity contribution in [3.05, 3.63) is 35.5 Å². The fourth-order valence-corrected chi connectivity index (χ4v) is 2.92. The SMILES string of the molecule is COc1ccc(/C=C2/C(=NO)C3CCN2CC3)cc1.Cl. The van der Waals surface area contributed by atoms with Gasteiger partial charge in [-0.1, -0.05) is 17.3 Å². The second-order valence-electron chi connectivity index (χ2n) is 5.05. The fourth-order valence-electron chi connectivity index (χ4n) is 2.92.